The number of carbonyl (C=O) groups is 1. The monoisotopic (exact) mass is 233 g/mol. The van der Waals surface area contributed by atoms with Crippen LogP contribution in [0.2, 0.25) is 0 Å². The van der Waals surface area contributed by atoms with Gasteiger partial charge in [0, 0.05) is 17.1 Å². The van der Waals surface area contributed by atoms with Crippen LogP contribution in [0.4, 0.5) is 0 Å². The van der Waals surface area contributed by atoms with E-state index in [-0.39, 0.29) is 19.1 Å². The number of rotatable bonds is 4. The summed E-state index contributed by atoms with van der Waals surface area (Å²) in [5, 5.41) is 10.2. The highest BCUT2D eigenvalue weighted by Gasteiger charge is 2.08. The lowest BCUT2D eigenvalue weighted by molar-refractivity contribution is -0.143. The molecule has 17 heavy (non-hydrogen) atoms. The number of aliphatic hydroxyl groups excluding tert-OH is 1. The fourth-order valence-electron chi connectivity index (χ4n) is 1.91. The molecule has 0 atom stereocenters. The van der Waals surface area contributed by atoms with E-state index in [1.165, 1.54) is 0 Å². The maximum absolute atomic E-state index is 11.4. The fraction of sp³-hybridized carbons (Fsp3) is 0.308. The van der Waals surface area contributed by atoms with E-state index in [2.05, 4.69) is 0 Å². The van der Waals surface area contributed by atoms with Crippen molar-refractivity contribution < 1.29 is 14.6 Å². The van der Waals surface area contributed by atoms with Gasteiger partial charge in [0.25, 0.3) is 0 Å². The molecule has 0 aliphatic carbocycles. The summed E-state index contributed by atoms with van der Waals surface area (Å²) >= 11 is 0. The molecule has 0 amide bonds. The topological polar surface area (TPSA) is 51.5 Å². The Morgan fingerprint density at radius 3 is 2.94 bits per heavy atom. The molecule has 0 fully saturated rings. The largest absolute Gasteiger partial charge is 0.465 e. The van der Waals surface area contributed by atoms with E-state index in [0.717, 1.165) is 16.5 Å². The second kappa shape index (κ2) is 5.01. The summed E-state index contributed by atoms with van der Waals surface area (Å²) < 4.78 is 6.74. The summed E-state index contributed by atoms with van der Waals surface area (Å²) in [7, 11) is 0. The first-order chi connectivity index (χ1) is 8.26. The number of hydrogen-bond donors (Lipinski definition) is 1. The van der Waals surface area contributed by atoms with Gasteiger partial charge >= 0.3 is 5.97 Å². The summed E-state index contributed by atoms with van der Waals surface area (Å²) in [5.41, 5.74) is 1.80. The minimum atomic E-state index is -0.251. The highest BCUT2D eigenvalue weighted by Crippen LogP contribution is 2.20. The number of benzene rings is 1. The van der Waals surface area contributed by atoms with Crippen molar-refractivity contribution in [1.82, 2.24) is 4.57 Å². The minimum Gasteiger partial charge on any atom is -0.465 e. The lowest BCUT2D eigenvalue weighted by Gasteiger charge is -2.05. The highest BCUT2D eigenvalue weighted by atomic mass is 16.5. The number of ether oxygens (including phenoxy) is 1. The van der Waals surface area contributed by atoms with E-state index < -0.39 is 0 Å². The van der Waals surface area contributed by atoms with Gasteiger partial charge in [0.2, 0.25) is 0 Å². The van der Waals surface area contributed by atoms with Crippen LogP contribution >= 0.6 is 0 Å². The number of fused-ring (bicyclic) bond motifs is 1. The summed E-state index contributed by atoms with van der Waals surface area (Å²) in [5.74, 6) is -0.251. The van der Waals surface area contributed by atoms with Gasteiger partial charge in [-0.25, -0.2) is 0 Å². The van der Waals surface area contributed by atoms with Crippen LogP contribution in [-0.4, -0.2) is 22.2 Å². The van der Waals surface area contributed by atoms with Crippen molar-refractivity contribution in [2.75, 3.05) is 6.61 Å². The summed E-state index contributed by atoms with van der Waals surface area (Å²) in [6.07, 6.45) is 1.83. The second-order valence-corrected chi connectivity index (χ2v) is 3.76. The van der Waals surface area contributed by atoms with Gasteiger partial charge in [-0.1, -0.05) is 12.1 Å². The zero-order valence-corrected chi connectivity index (χ0v) is 9.72. The highest BCUT2D eigenvalue weighted by molar-refractivity contribution is 5.85. The average molecular weight is 233 g/mol. The third kappa shape index (κ3) is 2.31. The van der Waals surface area contributed by atoms with Crippen molar-refractivity contribution in [2.45, 2.75) is 20.1 Å². The van der Waals surface area contributed by atoms with Gasteiger partial charge in [-0.05, 0) is 24.6 Å². The van der Waals surface area contributed by atoms with E-state index in [0.29, 0.717) is 6.61 Å². The number of aliphatic hydroxyl groups is 1. The zero-order chi connectivity index (χ0) is 12.3. The molecule has 1 aromatic carbocycles. The lowest BCUT2D eigenvalue weighted by Crippen LogP contribution is -2.12. The number of esters is 1. The van der Waals surface area contributed by atoms with Gasteiger partial charge in [-0.15, -0.1) is 0 Å². The molecule has 0 unspecified atom stereocenters. The molecule has 0 saturated carbocycles. The Morgan fingerprint density at radius 1 is 1.41 bits per heavy atom. The van der Waals surface area contributed by atoms with E-state index in [1.807, 2.05) is 35.0 Å². The van der Waals surface area contributed by atoms with E-state index in [4.69, 9.17) is 4.74 Å². The predicted molar refractivity (Wildman–Crippen MR) is 64.5 cm³/mol. The van der Waals surface area contributed by atoms with Crippen molar-refractivity contribution in [3.63, 3.8) is 0 Å². The van der Waals surface area contributed by atoms with Crippen LogP contribution in [0.5, 0.6) is 0 Å². The van der Waals surface area contributed by atoms with Crippen LogP contribution in [0.1, 0.15) is 12.5 Å². The molecule has 0 saturated heterocycles. The summed E-state index contributed by atoms with van der Waals surface area (Å²) in [4.78, 5) is 11.4. The van der Waals surface area contributed by atoms with E-state index >= 15 is 0 Å². The molecule has 2 rings (SSSR count). The van der Waals surface area contributed by atoms with Gasteiger partial charge in [0.1, 0.15) is 6.54 Å². The SMILES string of the molecule is CCOC(=O)Cn1ccc2c(CO)cccc21. The third-order valence-corrected chi connectivity index (χ3v) is 2.68. The van der Waals surface area contributed by atoms with Crippen LogP contribution < -0.4 is 0 Å². The van der Waals surface area contributed by atoms with Crippen molar-refractivity contribution in [3.05, 3.63) is 36.0 Å². The molecule has 1 heterocycles. The Labute approximate surface area is 99.4 Å². The first kappa shape index (κ1) is 11.7. The van der Waals surface area contributed by atoms with Crippen LogP contribution in [0, 0.1) is 0 Å². The van der Waals surface area contributed by atoms with Gasteiger partial charge in [-0.2, -0.15) is 0 Å². The third-order valence-electron chi connectivity index (χ3n) is 2.68. The van der Waals surface area contributed by atoms with Crippen LogP contribution in [0.15, 0.2) is 30.5 Å². The van der Waals surface area contributed by atoms with E-state index in [9.17, 15) is 9.90 Å². The quantitative estimate of drug-likeness (QED) is 0.818. The molecule has 1 N–H and O–H groups in total. The van der Waals surface area contributed by atoms with Crippen LogP contribution in [0.25, 0.3) is 10.9 Å². The normalized spacial score (nSPS) is 10.7. The number of nitrogens with zero attached hydrogens (tertiary/aromatic N) is 1. The second-order valence-electron chi connectivity index (χ2n) is 3.76. The number of carbonyl (C=O) groups excluding carboxylic acids is 1. The fourth-order valence-corrected chi connectivity index (χ4v) is 1.91. The molecule has 2 aromatic rings. The van der Waals surface area contributed by atoms with Crippen molar-refractivity contribution in [1.29, 1.82) is 0 Å². The molecule has 90 valence electrons. The molecule has 4 nitrogen and oxygen atoms in total. The predicted octanol–water partition coefficient (Wildman–Crippen LogP) is 1.70. The first-order valence-corrected chi connectivity index (χ1v) is 5.59. The molecule has 4 heteroatoms. The van der Waals surface area contributed by atoms with Crippen molar-refractivity contribution in [3.8, 4) is 0 Å². The zero-order valence-electron chi connectivity index (χ0n) is 9.72. The molecular formula is C13H15NO3. The van der Waals surface area contributed by atoms with E-state index in [1.54, 1.807) is 6.92 Å². The van der Waals surface area contributed by atoms with Gasteiger partial charge < -0.3 is 14.4 Å². The molecule has 1 aromatic heterocycles. The van der Waals surface area contributed by atoms with Gasteiger partial charge in [-0.3, -0.25) is 4.79 Å². The summed E-state index contributed by atoms with van der Waals surface area (Å²) in [6, 6.07) is 7.57. The van der Waals surface area contributed by atoms with Crippen molar-refractivity contribution in [2.24, 2.45) is 0 Å². The smallest absolute Gasteiger partial charge is 0.325 e. The van der Waals surface area contributed by atoms with Crippen LogP contribution in [-0.2, 0) is 22.7 Å². The average Bonchev–Trinajstić information content (AvgIpc) is 2.73. The standard InChI is InChI=1S/C13H15NO3/c1-2-17-13(16)8-14-7-6-11-10(9-15)4-3-5-12(11)14/h3-7,15H,2,8-9H2,1H3. The Kier molecular flexibility index (Phi) is 3.44. The Morgan fingerprint density at radius 2 is 2.24 bits per heavy atom. The molecule has 0 aliphatic rings. The molecule has 0 spiro atoms. The van der Waals surface area contributed by atoms with Gasteiger partial charge in [0.15, 0.2) is 0 Å². The number of aromatic nitrogens is 1. The number of hydrogen-bond acceptors (Lipinski definition) is 3. The molecule has 0 aliphatic heterocycles. The maximum Gasteiger partial charge on any atom is 0.325 e. The minimum absolute atomic E-state index is 0.000754. The first-order valence-electron chi connectivity index (χ1n) is 5.59. The Bertz CT molecular complexity index is 530. The van der Waals surface area contributed by atoms with Crippen molar-refractivity contribution >= 4 is 16.9 Å². The Balaban J connectivity index is 2.33. The molecule has 0 radical (unpaired) electrons. The Hall–Kier alpha value is -1.81. The van der Waals surface area contributed by atoms with Gasteiger partial charge in [0.05, 0.1) is 13.2 Å². The lowest BCUT2D eigenvalue weighted by atomic mass is 10.1. The van der Waals surface area contributed by atoms with Crippen LogP contribution in [0.3, 0.4) is 0 Å². The maximum atomic E-state index is 11.4. The molecular weight excluding hydrogens is 218 g/mol. The summed E-state index contributed by atoms with van der Waals surface area (Å²) in [6.45, 7) is 2.38. The molecule has 0 bridgehead atoms.